The number of rotatable bonds is 5. The normalized spacial score (nSPS) is 25.0. The van der Waals surface area contributed by atoms with E-state index in [0.29, 0.717) is 12.3 Å². The number of aryl methyl sites for hydroxylation is 1. The Balaban J connectivity index is 1.82. The molecule has 0 bridgehead atoms. The van der Waals surface area contributed by atoms with E-state index < -0.39 is 12.1 Å². The van der Waals surface area contributed by atoms with Crippen LogP contribution in [0.15, 0.2) is 24.3 Å². The molecule has 0 spiro atoms. The van der Waals surface area contributed by atoms with Gasteiger partial charge in [-0.25, -0.2) is 4.79 Å². The number of carbonyl (C=O) groups is 3. The predicted molar refractivity (Wildman–Crippen MR) is 105 cm³/mol. The molecular weight excluding hydrogens is 356 g/mol. The van der Waals surface area contributed by atoms with Crippen molar-refractivity contribution in [1.29, 1.82) is 0 Å². The minimum Gasteiger partial charge on any atom is -0.467 e. The molecule has 0 radical (unpaired) electrons. The first-order chi connectivity index (χ1) is 13.4. The van der Waals surface area contributed by atoms with E-state index in [0.717, 1.165) is 36.8 Å². The second-order valence-corrected chi connectivity index (χ2v) is 8.06. The zero-order valence-corrected chi connectivity index (χ0v) is 16.9. The third-order valence-corrected chi connectivity index (χ3v) is 6.09. The molecule has 1 saturated heterocycles. The summed E-state index contributed by atoms with van der Waals surface area (Å²) < 4.78 is 4.99. The number of carbonyl (C=O) groups excluding carboxylic acids is 3. The van der Waals surface area contributed by atoms with Gasteiger partial charge in [0.15, 0.2) is 0 Å². The second-order valence-electron chi connectivity index (χ2n) is 8.06. The Hall–Kier alpha value is -2.37. The van der Waals surface area contributed by atoms with Crippen LogP contribution in [0.2, 0.25) is 0 Å². The zero-order valence-electron chi connectivity index (χ0n) is 16.9. The van der Waals surface area contributed by atoms with Gasteiger partial charge in [0, 0.05) is 13.0 Å². The van der Waals surface area contributed by atoms with Crippen molar-refractivity contribution >= 4 is 17.8 Å². The molecule has 1 heterocycles. The monoisotopic (exact) mass is 386 g/mol. The largest absolute Gasteiger partial charge is 0.467 e. The lowest BCUT2D eigenvalue weighted by molar-refractivity contribution is -0.152. The molecule has 1 aliphatic heterocycles. The molecule has 1 saturated carbocycles. The van der Waals surface area contributed by atoms with Gasteiger partial charge in [0.25, 0.3) is 0 Å². The highest BCUT2D eigenvalue weighted by Crippen LogP contribution is 2.41. The lowest BCUT2D eigenvalue weighted by Crippen LogP contribution is -2.47. The van der Waals surface area contributed by atoms with Crippen LogP contribution in [-0.2, 0) is 19.1 Å². The fraction of sp³-hybridized carbons (Fsp3) is 0.591. The van der Waals surface area contributed by atoms with E-state index in [4.69, 9.17) is 4.74 Å². The van der Waals surface area contributed by atoms with Crippen molar-refractivity contribution in [3.8, 4) is 0 Å². The fourth-order valence-corrected chi connectivity index (χ4v) is 4.74. The van der Waals surface area contributed by atoms with Crippen LogP contribution in [0.4, 0.5) is 0 Å². The van der Waals surface area contributed by atoms with Gasteiger partial charge in [0.2, 0.25) is 11.8 Å². The quantitative estimate of drug-likeness (QED) is 0.790. The van der Waals surface area contributed by atoms with Crippen molar-refractivity contribution in [3.05, 3.63) is 35.4 Å². The van der Waals surface area contributed by atoms with Gasteiger partial charge in [0.05, 0.1) is 19.6 Å². The van der Waals surface area contributed by atoms with Crippen LogP contribution in [0, 0.1) is 12.8 Å². The van der Waals surface area contributed by atoms with Gasteiger partial charge in [0.1, 0.15) is 6.04 Å². The van der Waals surface area contributed by atoms with Crippen molar-refractivity contribution in [1.82, 2.24) is 10.2 Å². The minimum absolute atomic E-state index is 0.0934. The van der Waals surface area contributed by atoms with E-state index in [9.17, 15) is 14.4 Å². The smallest absolute Gasteiger partial charge is 0.328 e. The first-order valence-corrected chi connectivity index (χ1v) is 10.1. The van der Waals surface area contributed by atoms with Crippen LogP contribution in [-0.4, -0.2) is 41.9 Å². The number of hydrogen-bond donors (Lipinski definition) is 1. The Morgan fingerprint density at radius 3 is 2.50 bits per heavy atom. The fourth-order valence-electron chi connectivity index (χ4n) is 4.74. The molecule has 2 amide bonds. The molecule has 1 aromatic rings. The average Bonchev–Trinajstić information content (AvgIpc) is 3.06. The maximum absolute atomic E-state index is 13.3. The molecule has 1 aliphatic carbocycles. The van der Waals surface area contributed by atoms with Gasteiger partial charge in [-0.3, -0.25) is 9.59 Å². The van der Waals surface area contributed by atoms with E-state index >= 15 is 0 Å². The van der Waals surface area contributed by atoms with E-state index in [1.54, 1.807) is 4.90 Å². The minimum atomic E-state index is -0.512. The topological polar surface area (TPSA) is 75.7 Å². The summed E-state index contributed by atoms with van der Waals surface area (Å²) in [5, 5.41) is 2.90. The molecular formula is C22H30N2O4. The standard InChI is InChI=1S/C22H30N2O4/c1-14-8-10-16(11-9-14)18(23-15(2)25)13-21(26)24-19-7-5-4-6-17(19)12-20(24)22(27)28-3/h8-11,17-20H,4-7,12-13H2,1-3H3,(H,23,25). The SMILES string of the molecule is COC(=O)C1CC2CCCCC2N1C(=O)CC(NC(C)=O)c1ccc(C)cc1. The Kier molecular flexibility index (Phi) is 6.37. The van der Waals surface area contributed by atoms with Gasteiger partial charge in [-0.05, 0) is 37.7 Å². The van der Waals surface area contributed by atoms with Crippen molar-refractivity contribution in [2.24, 2.45) is 5.92 Å². The summed E-state index contributed by atoms with van der Waals surface area (Å²) in [5.41, 5.74) is 2.01. The lowest BCUT2D eigenvalue weighted by atomic mass is 9.84. The summed E-state index contributed by atoms with van der Waals surface area (Å²) in [5.74, 6) is -0.251. The summed E-state index contributed by atoms with van der Waals surface area (Å²) in [6, 6.07) is 7.00. The maximum Gasteiger partial charge on any atom is 0.328 e. The lowest BCUT2D eigenvalue weighted by Gasteiger charge is -2.34. The highest BCUT2D eigenvalue weighted by Gasteiger charge is 2.48. The molecule has 2 fully saturated rings. The van der Waals surface area contributed by atoms with E-state index in [-0.39, 0.29) is 30.2 Å². The van der Waals surface area contributed by atoms with Crippen LogP contribution < -0.4 is 5.32 Å². The Bertz CT molecular complexity index is 731. The number of fused-ring (bicyclic) bond motifs is 1. The molecule has 152 valence electrons. The number of nitrogens with zero attached hydrogens (tertiary/aromatic N) is 1. The van der Waals surface area contributed by atoms with Crippen LogP contribution in [0.1, 0.15) is 62.6 Å². The van der Waals surface area contributed by atoms with Crippen molar-refractivity contribution in [3.63, 3.8) is 0 Å². The van der Waals surface area contributed by atoms with E-state index in [1.807, 2.05) is 31.2 Å². The Morgan fingerprint density at radius 2 is 1.86 bits per heavy atom. The van der Waals surface area contributed by atoms with E-state index in [2.05, 4.69) is 5.32 Å². The molecule has 6 nitrogen and oxygen atoms in total. The van der Waals surface area contributed by atoms with Gasteiger partial charge in [-0.15, -0.1) is 0 Å². The summed E-state index contributed by atoms with van der Waals surface area (Å²) in [6.07, 6.45) is 5.02. The maximum atomic E-state index is 13.3. The summed E-state index contributed by atoms with van der Waals surface area (Å²) in [6.45, 7) is 3.45. The molecule has 3 rings (SSSR count). The number of benzene rings is 1. The third kappa shape index (κ3) is 4.37. The first-order valence-electron chi connectivity index (χ1n) is 10.1. The molecule has 6 heteroatoms. The number of nitrogens with one attached hydrogen (secondary N) is 1. The third-order valence-electron chi connectivity index (χ3n) is 6.09. The van der Waals surface area contributed by atoms with Crippen molar-refractivity contribution < 1.29 is 19.1 Å². The van der Waals surface area contributed by atoms with E-state index in [1.165, 1.54) is 14.0 Å². The van der Waals surface area contributed by atoms with Gasteiger partial charge < -0.3 is 15.0 Å². The molecule has 1 N–H and O–H groups in total. The predicted octanol–water partition coefficient (Wildman–Crippen LogP) is 2.90. The second kappa shape index (κ2) is 8.76. The molecule has 2 aliphatic rings. The van der Waals surface area contributed by atoms with Gasteiger partial charge >= 0.3 is 5.97 Å². The number of ether oxygens (including phenoxy) is 1. The van der Waals surface area contributed by atoms with Crippen LogP contribution in [0.3, 0.4) is 0 Å². The molecule has 28 heavy (non-hydrogen) atoms. The average molecular weight is 386 g/mol. The van der Waals surface area contributed by atoms with Crippen molar-refractivity contribution in [2.45, 2.75) is 70.5 Å². The molecule has 0 aromatic heterocycles. The van der Waals surface area contributed by atoms with Crippen LogP contribution in [0.5, 0.6) is 0 Å². The number of hydrogen-bond acceptors (Lipinski definition) is 4. The first kappa shape index (κ1) is 20.4. The number of methoxy groups -OCH3 is 1. The van der Waals surface area contributed by atoms with Crippen LogP contribution >= 0.6 is 0 Å². The summed E-state index contributed by atoms with van der Waals surface area (Å²) in [7, 11) is 1.37. The Morgan fingerprint density at radius 1 is 1.18 bits per heavy atom. The zero-order chi connectivity index (χ0) is 20.3. The highest BCUT2D eigenvalue weighted by molar-refractivity contribution is 5.86. The molecule has 4 atom stereocenters. The van der Waals surface area contributed by atoms with Crippen LogP contribution in [0.25, 0.3) is 0 Å². The van der Waals surface area contributed by atoms with Crippen molar-refractivity contribution in [2.75, 3.05) is 7.11 Å². The molecule has 4 unspecified atom stereocenters. The highest BCUT2D eigenvalue weighted by atomic mass is 16.5. The summed E-state index contributed by atoms with van der Waals surface area (Å²) in [4.78, 5) is 39.2. The van der Waals surface area contributed by atoms with Gasteiger partial charge in [-0.1, -0.05) is 42.7 Å². The Labute approximate surface area is 166 Å². The van der Waals surface area contributed by atoms with Gasteiger partial charge in [-0.2, -0.15) is 0 Å². The summed E-state index contributed by atoms with van der Waals surface area (Å²) >= 11 is 0. The molecule has 1 aromatic carbocycles. The number of amides is 2. The number of esters is 1. The number of likely N-dealkylation sites (tertiary alicyclic amines) is 1.